The van der Waals surface area contributed by atoms with E-state index in [1.165, 1.54) is 0 Å². The molecule has 6 heteroatoms. The first-order valence-electron chi connectivity index (χ1n) is 5.71. The van der Waals surface area contributed by atoms with Gasteiger partial charge in [0.25, 0.3) is 0 Å². The normalized spacial score (nSPS) is 10.7. The standard InChI is InChI=1S/C11H17N5O/c1-2-16-11(3-4-13-16)8-12-10-7-14-15(9-10)5-6-17/h3-4,7,9,12,17H,2,5-6,8H2,1H3. The Morgan fingerprint density at radius 1 is 1.41 bits per heavy atom. The third-order valence-corrected chi connectivity index (χ3v) is 2.54. The molecule has 2 rings (SSSR count). The number of aryl methyl sites for hydroxylation is 1. The van der Waals surface area contributed by atoms with Crippen LogP contribution in [0.15, 0.2) is 24.7 Å². The van der Waals surface area contributed by atoms with Crippen LogP contribution in [0.2, 0.25) is 0 Å². The molecule has 92 valence electrons. The zero-order chi connectivity index (χ0) is 12.1. The van der Waals surface area contributed by atoms with E-state index in [0.717, 1.165) is 24.5 Å². The van der Waals surface area contributed by atoms with Crippen molar-refractivity contribution in [1.82, 2.24) is 19.6 Å². The van der Waals surface area contributed by atoms with Crippen molar-refractivity contribution in [2.24, 2.45) is 0 Å². The quantitative estimate of drug-likeness (QED) is 0.773. The van der Waals surface area contributed by atoms with Gasteiger partial charge in [0.15, 0.2) is 0 Å². The number of hydrogen-bond donors (Lipinski definition) is 2. The molecule has 2 aromatic heterocycles. The van der Waals surface area contributed by atoms with Crippen LogP contribution in [-0.2, 0) is 19.6 Å². The number of hydrogen-bond acceptors (Lipinski definition) is 4. The Kier molecular flexibility index (Phi) is 3.77. The lowest BCUT2D eigenvalue weighted by Crippen LogP contribution is -2.07. The van der Waals surface area contributed by atoms with Gasteiger partial charge in [-0.1, -0.05) is 0 Å². The van der Waals surface area contributed by atoms with Crippen LogP contribution in [0.5, 0.6) is 0 Å². The second-order valence-electron chi connectivity index (χ2n) is 3.71. The zero-order valence-electron chi connectivity index (χ0n) is 9.87. The molecule has 0 atom stereocenters. The Morgan fingerprint density at radius 3 is 3.06 bits per heavy atom. The van der Waals surface area contributed by atoms with Gasteiger partial charge >= 0.3 is 0 Å². The van der Waals surface area contributed by atoms with Crippen LogP contribution in [0.25, 0.3) is 0 Å². The Bertz CT molecular complexity index is 462. The SMILES string of the molecule is CCn1nccc1CNc1cnn(CCO)c1. The molecule has 0 aliphatic heterocycles. The third kappa shape index (κ3) is 2.85. The molecule has 17 heavy (non-hydrogen) atoms. The van der Waals surface area contributed by atoms with Crippen LogP contribution in [-0.4, -0.2) is 31.3 Å². The monoisotopic (exact) mass is 235 g/mol. The maximum Gasteiger partial charge on any atom is 0.0729 e. The summed E-state index contributed by atoms with van der Waals surface area (Å²) in [6, 6.07) is 1.99. The molecule has 0 aliphatic carbocycles. The molecule has 0 amide bonds. The number of nitrogens with zero attached hydrogens (tertiary/aromatic N) is 4. The summed E-state index contributed by atoms with van der Waals surface area (Å²) in [5.74, 6) is 0. The molecule has 6 nitrogen and oxygen atoms in total. The van der Waals surface area contributed by atoms with Crippen LogP contribution >= 0.6 is 0 Å². The van der Waals surface area contributed by atoms with E-state index < -0.39 is 0 Å². The van der Waals surface area contributed by atoms with Crippen molar-refractivity contribution in [3.63, 3.8) is 0 Å². The third-order valence-electron chi connectivity index (χ3n) is 2.54. The molecule has 0 unspecified atom stereocenters. The van der Waals surface area contributed by atoms with Gasteiger partial charge in [-0.3, -0.25) is 9.36 Å². The second kappa shape index (κ2) is 5.49. The highest BCUT2D eigenvalue weighted by molar-refractivity contribution is 5.38. The van der Waals surface area contributed by atoms with Gasteiger partial charge in [0, 0.05) is 18.9 Å². The van der Waals surface area contributed by atoms with Crippen LogP contribution in [0.3, 0.4) is 0 Å². The number of rotatable bonds is 6. The van der Waals surface area contributed by atoms with Crippen LogP contribution in [0, 0.1) is 0 Å². The first-order valence-corrected chi connectivity index (χ1v) is 5.71. The van der Waals surface area contributed by atoms with Crippen molar-refractivity contribution in [2.45, 2.75) is 26.6 Å². The predicted octanol–water partition coefficient (Wildman–Crippen LogP) is 0.704. The predicted molar refractivity (Wildman–Crippen MR) is 64.5 cm³/mol. The molecule has 2 heterocycles. The second-order valence-corrected chi connectivity index (χ2v) is 3.71. The van der Waals surface area contributed by atoms with Gasteiger partial charge in [0.05, 0.1) is 37.3 Å². The minimum absolute atomic E-state index is 0.101. The lowest BCUT2D eigenvalue weighted by Gasteiger charge is -2.05. The average molecular weight is 235 g/mol. The van der Waals surface area contributed by atoms with E-state index in [2.05, 4.69) is 22.4 Å². The molecule has 0 radical (unpaired) electrons. The molecule has 2 N–H and O–H groups in total. The number of aromatic nitrogens is 4. The maximum atomic E-state index is 8.78. The summed E-state index contributed by atoms with van der Waals surface area (Å²) >= 11 is 0. The summed E-state index contributed by atoms with van der Waals surface area (Å²) in [6.45, 7) is 4.28. The summed E-state index contributed by atoms with van der Waals surface area (Å²) < 4.78 is 3.66. The van der Waals surface area contributed by atoms with E-state index in [4.69, 9.17) is 5.11 Å². The highest BCUT2D eigenvalue weighted by atomic mass is 16.3. The summed E-state index contributed by atoms with van der Waals surface area (Å²) in [6.07, 6.45) is 5.43. The molecule has 2 aromatic rings. The fraction of sp³-hybridized carbons (Fsp3) is 0.455. The maximum absolute atomic E-state index is 8.78. The van der Waals surface area contributed by atoms with Gasteiger partial charge in [-0.2, -0.15) is 10.2 Å². The highest BCUT2D eigenvalue weighted by Gasteiger charge is 2.01. The van der Waals surface area contributed by atoms with Gasteiger partial charge < -0.3 is 10.4 Å². The number of anilines is 1. The molecule has 0 aromatic carbocycles. The van der Waals surface area contributed by atoms with E-state index >= 15 is 0 Å². The Hall–Kier alpha value is -1.82. The fourth-order valence-corrected chi connectivity index (χ4v) is 1.67. The molecule has 0 bridgehead atoms. The van der Waals surface area contributed by atoms with Crippen molar-refractivity contribution in [3.8, 4) is 0 Å². The van der Waals surface area contributed by atoms with Crippen LogP contribution in [0.4, 0.5) is 5.69 Å². The minimum atomic E-state index is 0.101. The number of aliphatic hydroxyl groups is 1. The average Bonchev–Trinajstić information content (AvgIpc) is 2.95. The first-order chi connectivity index (χ1) is 8.33. The smallest absolute Gasteiger partial charge is 0.0729 e. The largest absolute Gasteiger partial charge is 0.394 e. The van der Waals surface area contributed by atoms with E-state index in [1.54, 1.807) is 17.1 Å². The number of nitrogens with one attached hydrogen (secondary N) is 1. The highest BCUT2D eigenvalue weighted by Crippen LogP contribution is 2.07. The van der Waals surface area contributed by atoms with E-state index in [1.807, 2.05) is 16.9 Å². The van der Waals surface area contributed by atoms with Crippen molar-refractivity contribution in [3.05, 3.63) is 30.4 Å². The molecule has 0 saturated heterocycles. The first kappa shape index (κ1) is 11.7. The summed E-state index contributed by atoms with van der Waals surface area (Å²) in [5, 5.41) is 20.4. The van der Waals surface area contributed by atoms with E-state index in [9.17, 15) is 0 Å². The van der Waals surface area contributed by atoms with Crippen molar-refractivity contribution in [1.29, 1.82) is 0 Å². The van der Waals surface area contributed by atoms with Crippen molar-refractivity contribution in [2.75, 3.05) is 11.9 Å². The summed E-state index contributed by atoms with van der Waals surface area (Å²) in [4.78, 5) is 0. The Balaban J connectivity index is 1.93. The molecular weight excluding hydrogens is 218 g/mol. The zero-order valence-corrected chi connectivity index (χ0v) is 9.87. The summed E-state index contributed by atoms with van der Waals surface area (Å²) in [5.41, 5.74) is 2.09. The fourth-order valence-electron chi connectivity index (χ4n) is 1.67. The topological polar surface area (TPSA) is 67.9 Å². The Labute approximate surface area is 99.9 Å². The minimum Gasteiger partial charge on any atom is -0.394 e. The molecule has 0 aliphatic rings. The van der Waals surface area contributed by atoms with Gasteiger partial charge in [0.2, 0.25) is 0 Å². The van der Waals surface area contributed by atoms with Crippen molar-refractivity contribution < 1.29 is 5.11 Å². The molecule has 0 fully saturated rings. The lowest BCUT2D eigenvalue weighted by molar-refractivity contribution is 0.269. The molecular formula is C11H17N5O. The molecule has 0 spiro atoms. The van der Waals surface area contributed by atoms with Crippen LogP contribution in [0.1, 0.15) is 12.6 Å². The van der Waals surface area contributed by atoms with Gasteiger partial charge in [-0.25, -0.2) is 0 Å². The van der Waals surface area contributed by atoms with E-state index in [-0.39, 0.29) is 6.61 Å². The molecule has 0 saturated carbocycles. The van der Waals surface area contributed by atoms with Gasteiger partial charge in [-0.05, 0) is 13.0 Å². The summed E-state index contributed by atoms with van der Waals surface area (Å²) in [7, 11) is 0. The van der Waals surface area contributed by atoms with Crippen molar-refractivity contribution >= 4 is 5.69 Å². The van der Waals surface area contributed by atoms with Gasteiger partial charge in [0.1, 0.15) is 0 Å². The van der Waals surface area contributed by atoms with Crippen LogP contribution < -0.4 is 5.32 Å². The lowest BCUT2D eigenvalue weighted by atomic mass is 10.4. The Morgan fingerprint density at radius 2 is 2.29 bits per heavy atom. The van der Waals surface area contributed by atoms with E-state index in [0.29, 0.717) is 6.54 Å². The van der Waals surface area contributed by atoms with Gasteiger partial charge in [-0.15, -0.1) is 0 Å². The number of aliphatic hydroxyl groups excluding tert-OH is 1.